The van der Waals surface area contributed by atoms with Gasteiger partial charge in [0, 0.05) is 19.7 Å². The summed E-state index contributed by atoms with van der Waals surface area (Å²) >= 11 is 3.97. The van der Waals surface area contributed by atoms with E-state index >= 15 is 0 Å². The molecule has 0 bridgehead atoms. The van der Waals surface area contributed by atoms with Gasteiger partial charge < -0.3 is 0 Å². The van der Waals surface area contributed by atoms with E-state index in [0.717, 1.165) is 0 Å². The predicted octanol–water partition coefficient (Wildman–Crippen LogP) is 5.47. The zero-order valence-corrected chi connectivity index (χ0v) is 12.4. The lowest BCUT2D eigenvalue weighted by Gasteiger charge is -2.17. The molecule has 0 N–H and O–H groups in total. The molecule has 1 aromatic heterocycles. The molecule has 0 radical (unpaired) electrons. The Hall–Kier alpha value is -1.51. The minimum absolute atomic E-state index is 0.609. The van der Waals surface area contributed by atoms with Gasteiger partial charge in [-0.3, -0.25) is 0 Å². The lowest BCUT2D eigenvalue weighted by molar-refractivity contribution is 1.05. The number of thioether (sulfide) groups is 1. The molecule has 3 aromatic rings. The van der Waals surface area contributed by atoms with Crippen molar-refractivity contribution in [3.05, 3.63) is 64.5 Å². The summed E-state index contributed by atoms with van der Waals surface area (Å²) < 4.78 is 1.42. The van der Waals surface area contributed by atoms with E-state index < -0.39 is 0 Å². The molecule has 0 fully saturated rings. The molecule has 1 aliphatic carbocycles. The van der Waals surface area contributed by atoms with Gasteiger partial charge >= 0.3 is 0 Å². The Morgan fingerprint density at radius 1 is 0.950 bits per heavy atom. The molecule has 0 nitrogen and oxygen atoms in total. The highest BCUT2D eigenvalue weighted by molar-refractivity contribution is 8.00. The van der Waals surface area contributed by atoms with Gasteiger partial charge in [-0.2, -0.15) is 0 Å². The first-order chi connectivity index (χ1) is 9.90. The van der Waals surface area contributed by atoms with Gasteiger partial charge in [-0.05, 0) is 46.7 Å². The fraction of sp³-hybridized carbons (Fsp3) is 0.111. The van der Waals surface area contributed by atoms with E-state index in [4.69, 9.17) is 0 Å². The molecule has 0 spiro atoms. The van der Waals surface area contributed by atoms with Crippen LogP contribution in [0.1, 0.15) is 16.0 Å². The van der Waals surface area contributed by atoms with Gasteiger partial charge in [0.05, 0.1) is 0 Å². The van der Waals surface area contributed by atoms with E-state index in [9.17, 15) is 0 Å². The maximum Gasteiger partial charge on any atom is 0.0392 e. The lowest BCUT2D eigenvalue weighted by atomic mass is 9.91. The second-order valence-corrected chi connectivity index (χ2v) is 7.68. The Labute approximate surface area is 126 Å². The number of benzene rings is 2. The van der Waals surface area contributed by atoms with Crippen molar-refractivity contribution in [3.63, 3.8) is 0 Å². The van der Waals surface area contributed by atoms with Crippen LogP contribution in [0, 0.1) is 0 Å². The Bertz CT molecular complexity index is 870. The molecule has 96 valence electrons. The fourth-order valence-corrected chi connectivity index (χ4v) is 5.83. The van der Waals surface area contributed by atoms with Gasteiger partial charge in [-0.15, -0.1) is 23.1 Å². The van der Waals surface area contributed by atoms with Crippen LogP contribution in [0.15, 0.2) is 53.4 Å². The van der Waals surface area contributed by atoms with Crippen molar-refractivity contribution in [1.82, 2.24) is 0 Å². The summed E-state index contributed by atoms with van der Waals surface area (Å²) in [5.41, 5.74) is 4.54. The van der Waals surface area contributed by atoms with Crippen molar-refractivity contribution in [2.45, 2.75) is 16.6 Å². The largest absolute Gasteiger partial charge is 0.136 e. The minimum Gasteiger partial charge on any atom is -0.136 e. The van der Waals surface area contributed by atoms with Crippen LogP contribution in [0.5, 0.6) is 0 Å². The van der Waals surface area contributed by atoms with E-state index in [1.165, 1.54) is 37.4 Å². The zero-order chi connectivity index (χ0) is 13.1. The molecule has 20 heavy (non-hydrogen) atoms. The van der Waals surface area contributed by atoms with Crippen molar-refractivity contribution >= 4 is 44.8 Å². The summed E-state index contributed by atoms with van der Waals surface area (Å²) in [4.78, 5) is 2.91. The molecular formula is C18H12S2. The highest BCUT2D eigenvalue weighted by Gasteiger charge is 2.32. The Morgan fingerprint density at radius 3 is 2.80 bits per heavy atom. The van der Waals surface area contributed by atoms with Gasteiger partial charge in [0.1, 0.15) is 0 Å². The maximum atomic E-state index is 2.44. The van der Waals surface area contributed by atoms with Gasteiger partial charge in [-0.25, -0.2) is 0 Å². The molecule has 5 rings (SSSR count). The third-order valence-electron chi connectivity index (χ3n) is 4.22. The fourth-order valence-electron chi connectivity index (χ4n) is 3.29. The quantitative estimate of drug-likeness (QED) is 0.529. The summed E-state index contributed by atoms with van der Waals surface area (Å²) in [6.07, 6.45) is 3.61. The Morgan fingerprint density at radius 2 is 1.80 bits per heavy atom. The van der Waals surface area contributed by atoms with Crippen LogP contribution < -0.4 is 0 Å². The van der Waals surface area contributed by atoms with Crippen molar-refractivity contribution in [3.8, 4) is 0 Å². The van der Waals surface area contributed by atoms with E-state index in [1.54, 1.807) is 5.56 Å². The van der Waals surface area contributed by atoms with E-state index in [-0.39, 0.29) is 0 Å². The Balaban J connectivity index is 1.76. The first-order valence-corrected chi connectivity index (χ1v) is 8.58. The number of hydrogen-bond acceptors (Lipinski definition) is 2. The monoisotopic (exact) mass is 292 g/mol. The molecule has 2 aliphatic rings. The van der Waals surface area contributed by atoms with Crippen LogP contribution in [0.3, 0.4) is 0 Å². The normalized spacial score (nSPS) is 19.4. The first kappa shape index (κ1) is 11.2. The molecule has 0 saturated carbocycles. The second-order valence-electron chi connectivity index (χ2n) is 5.35. The zero-order valence-electron chi connectivity index (χ0n) is 10.8. The molecule has 2 heteroatoms. The van der Waals surface area contributed by atoms with Gasteiger partial charge in [-0.1, -0.05) is 36.4 Å². The van der Waals surface area contributed by atoms with Crippen molar-refractivity contribution < 1.29 is 0 Å². The summed E-state index contributed by atoms with van der Waals surface area (Å²) in [6, 6.07) is 17.6. The molecule has 2 aromatic carbocycles. The SMILES string of the molecule is C1=C2c3ccccc3SC2Cc2c1sc1ccccc21. The lowest BCUT2D eigenvalue weighted by Crippen LogP contribution is -2.09. The topological polar surface area (TPSA) is 0 Å². The van der Waals surface area contributed by atoms with Crippen LogP contribution in [0.2, 0.25) is 0 Å². The molecule has 0 amide bonds. The van der Waals surface area contributed by atoms with Gasteiger partial charge in [0.2, 0.25) is 0 Å². The van der Waals surface area contributed by atoms with E-state index in [0.29, 0.717) is 5.25 Å². The van der Waals surface area contributed by atoms with Crippen LogP contribution in [0.25, 0.3) is 21.7 Å². The maximum absolute atomic E-state index is 2.44. The molecule has 1 atom stereocenters. The van der Waals surface area contributed by atoms with Gasteiger partial charge in [0.15, 0.2) is 0 Å². The number of thiophene rings is 1. The average molecular weight is 292 g/mol. The predicted molar refractivity (Wildman–Crippen MR) is 89.5 cm³/mol. The highest BCUT2D eigenvalue weighted by Crippen LogP contribution is 2.51. The number of hydrogen-bond donors (Lipinski definition) is 0. The average Bonchev–Trinajstić information content (AvgIpc) is 3.02. The first-order valence-electron chi connectivity index (χ1n) is 6.88. The van der Waals surface area contributed by atoms with E-state index in [2.05, 4.69) is 54.6 Å². The second kappa shape index (κ2) is 4.00. The third-order valence-corrected chi connectivity index (χ3v) is 6.69. The molecular weight excluding hydrogens is 280 g/mol. The van der Waals surface area contributed by atoms with Crippen molar-refractivity contribution in [1.29, 1.82) is 0 Å². The molecule has 0 saturated heterocycles. The number of rotatable bonds is 0. The summed E-state index contributed by atoms with van der Waals surface area (Å²) in [7, 11) is 0. The summed E-state index contributed by atoms with van der Waals surface area (Å²) in [5.74, 6) is 0. The van der Waals surface area contributed by atoms with Crippen LogP contribution in [-0.4, -0.2) is 5.25 Å². The third kappa shape index (κ3) is 1.44. The van der Waals surface area contributed by atoms with Gasteiger partial charge in [0.25, 0.3) is 0 Å². The van der Waals surface area contributed by atoms with Crippen LogP contribution in [0.4, 0.5) is 0 Å². The van der Waals surface area contributed by atoms with Crippen LogP contribution in [-0.2, 0) is 6.42 Å². The van der Waals surface area contributed by atoms with Crippen molar-refractivity contribution in [2.24, 2.45) is 0 Å². The summed E-state index contributed by atoms with van der Waals surface area (Å²) in [5, 5.41) is 2.07. The molecule has 1 unspecified atom stereocenters. The summed E-state index contributed by atoms with van der Waals surface area (Å²) in [6.45, 7) is 0. The molecule has 2 heterocycles. The Kier molecular flexibility index (Phi) is 2.24. The smallest absolute Gasteiger partial charge is 0.0392 e. The minimum atomic E-state index is 0.609. The van der Waals surface area contributed by atoms with Crippen LogP contribution >= 0.6 is 23.1 Å². The van der Waals surface area contributed by atoms with E-state index in [1.807, 2.05) is 23.1 Å². The number of fused-ring (bicyclic) bond motifs is 6. The van der Waals surface area contributed by atoms with Crippen molar-refractivity contribution in [2.75, 3.05) is 0 Å². The molecule has 1 aliphatic heterocycles. The standard InChI is InChI=1S/C18H12S2/c1-3-7-15-11(5-1)13-9-18-14(10-17(13)19-15)12-6-2-4-8-16(12)20-18/h1-9,17H,10H2. The highest BCUT2D eigenvalue weighted by atomic mass is 32.2.